The summed E-state index contributed by atoms with van der Waals surface area (Å²) in [6, 6.07) is 0. The number of nitrogens with zero attached hydrogens (tertiary/aromatic N) is 1. The molecule has 0 atom stereocenters. The lowest BCUT2D eigenvalue weighted by Crippen LogP contribution is -2.51. The van der Waals surface area contributed by atoms with Crippen molar-refractivity contribution in [1.82, 2.24) is 4.90 Å². The number of hydrogen-bond donors (Lipinski definition) is 0. The first kappa shape index (κ1) is 11.0. The Hall–Kier alpha value is -0.0400. The molecule has 0 bridgehead atoms. The summed E-state index contributed by atoms with van der Waals surface area (Å²) in [7, 11) is 2.20. The smallest absolute Gasteiger partial charge is 0.0152 e. The van der Waals surface area contributed by atoms with Gasteiger partial charge in [-0.25, -0.2) is 0 Å². The molecule has 0 amide bonds. The summed E-state index contributed by atoms with van der Waals surface area (Å²) in [4.78, 5) is 2.43. The Bertz CT molecular complexity index is 119. The molecule has 0 aliphatic heterocycles. The van der Waals surface area contributed by atoms with Crippen LogP contribution < -0.4 is 0 Å². The minimum Gasteiger partial charge on any atom is -0.296 e. The summed E-state index contributed by atoms with van der Waals surface area (Å²) in [5.74, 6) is 0. The lowest BCUT2D eigenvalue weighted by atomic mass is 9.93. The third-order valence-electron chi connectivity index (χ3n) is 2.78. The standard InChI is InChI=1S/C10H23N/c1-8-10(5,6)11(7)9(2,3)4/h8H2,1-7H3. The lowest BCUT2D eigenvalue weighted by Gasteiger charge is -2.44. The minimum absolute atomic E-state index is 0.277. The molecule has 0 rings (SSSR count). The van der Waals surface area contributed by atoms with Crippen LogP contribution in [0.2, 0.25) is 0 Å². The molecule has 0 heterocycles. The molecule has 0 radical (unpaired) electrons. The second-order valence-corrected chi connectivity index (χ2v) is 4.90. The zero-order valence-corrected chi connectivity index (χ0v) is 9.15. The number of rotatable bonds is 2. The summed E-state index contributed by atoms with van der Waals surface area (Å²) in [6.07, 6.45) is 1.20. The van der Waals surface area contributed by atoms with Crippen LogP contribution in [0, 0.1) is 0 Å². The topological polar surface area (TPSA) is 3.24 Å². The Balaban J connectivity index is 4.35. The van der Waals surface area contributed by atoms with Gasteiger partial charge in [-0.2, -0.15) is 0 Å². The van der Waals surface area contributed by atoms with Crippen molar-refractivity contribution in [3.63, 3.8) is 0 Å². The van der Waals surface area contributed by atoms with Gasteiger partial charge in [-0.05, 0) is 48.1 Å². The molecular formula is C10H23N. The second kappa shape index (κ2) is 3.14. The molecule has 0 aromatic heterocycles. The van der Waals surface area contributed by atoms with Crippen molar-refractivity contribution in [2.45, 2.75) is 59.0 Å². The predicted octanol–water partition coefficient (Wildman–Crippen LogP) is 2.91. The molecular weight excluding hydrogens is 134 g/mol. The molecule has 11 heavy (non-hydrogen) atoms. The number of hydrogen-bond acceptors (Lipinski definition) is 1. The van der Waals surface area contributed by atoms with Crippen LogP contribution in [-0.2, 0) is 0 Å². The highest BCUT2D eigenvalue weighted by molar-refractivity contribution is 4.86. The molecule has 0 aromatic carbocycles. The molecule has 0 unspecified atom stereocenters. The molecule has 0 aromatic rings. The molecule has 0 fully saturated rings. The van der Waals surface area contributed by atoms with Crippen LogP contribution in [0.5, 0.6) is 0 Å². The highest BCUT2D eigenvalue weighted by Crippen LogP contribution is 2.24. The van der Waals surface area contributed by atoms with Gasteiger partial charge in [0.05, 0.1) is 0 Å². The van der Waals surface area contributed by atoms with Crippen molar-refractivity contribution < 1.29 is 0 Å². The van der Waals surface area contributed by atoms with Crippen molar-refractivity contribution in [1.29, 1.82) is 0 Å². The average Bonchev–Trinajstić information content (AvgIpc) is 1.84. The fourth-order valence-electron chi connectivity index (χ4n) is 1.15. The molecule has 0 saturated heterocycles. The van der Waals surface area contributed by atoms with E-state index in [2.05, 4.69) is 53.5 Å². The van der Waals surface area contributed by atoms with Gasteiger partial charge in [0, 0.05) is 11.1 Å². The van der Waals surface area contributed by atoms with E-state index in [1.54, 1.807) is 0 Å². The van der Waals surface area contributed by atoms with Crippen LogP contribution in [0.3, 0.4) is 0 Å². The van der Waals surface area contributed by atoms with Gasteiger partial charge in [-0.1, -0.05) is 6.92 Å². The van der Waals surface area contributed by atoms with Gasteiger partial charge in [0.25, 0.3) is 0 Å². The van der Waals surface area contributed by atoms with E-state index in [4.69, 9.17) is 0 Å². The molecule has 1 heteroatoms. The monoisotopic (exact) mass is 157 g/mol. The predicted molar refractivity (Wildman–Crippen MR) is 51.9 cm³/mol. The van der Waals surface area contributed by atoms with E-state index in [1.807, 2.05) is 0 Å². The van der Waals surface area contributed by atoms with E-state index in [-0.39, 0.29) is 5.54 Å². The fraction of sp³-hybridized carbons (Fsp3) is 1.00. The van der Waals surface area contributed by atoms with Crippen LogP contribution in [0.1, 0.15) is 48.0 Å². The summed E-state index contributed by atoms with van der Waals surface area (Å²) in [5.41, 5.74) is 0.595. The van der Waals surface area contributed by atoms with E-state index in [0.717, 1.165) is 0 Å². The average molecular weight is 157 g/mol. The van der Waals surface area contributed by atoms with Crippen molar-refractivity contribution >= 4 is 0 Å². The molecule has 0 aliphatic carbocycles. The largest absolute Gasteiger partial charge is 0.296 e. The Morgan fingerprint density at radius 3 is 1.45 bits per heavy atom. The van der Waals surface area contributed by atoms with Crippen LogP contribution >= 0.6 is 0 Å². The van der Waals surface area contributed by atoms with Crippen LogP contribution in [0.4, 0.5) is 0 Å². The highest BCUT2D eigenvalue weighted by atomic mass is 15.2. The first-order valence-corrected chi connectivity index (χ1v) is 4.46. The summed E-state index contributed by atoms with van der Waals surface area (Å²) in [6.45, 7) is 13.6. The zero-order chi connectivity index (χ0) is 9.28. The van der Waals surface area contributed by atoms with Crippen LogP contribution in [0.25, 0.3) is 0 Å². The molecule has 0 spiro atoms. The molecule has 68 valence electrons. The molecule has 1 nitrogen and oxygen atoms in total. The highest BCUT2D eigenvalue weighted by Gasteiger charge is 2.29. The van der Waals surface area contributed by atoms with Gasteiger partial charge >= 0.3 is 0 Å². The Morgan fingerprint density at radius 1 is 1.00 bits per heavy atom. The van der Waals surface area contributed by atoms with Crippen molar-refractivity contribution in [2.24, 2.45) is 0 Å². The third-order valence-corrected chi connectivity index (χ3v) is 2.78. The van der Waals surface area contributed by atoms with Gasteiger partial charge in [0.1, 0.15) is 0 Å². The fourth-order valence-corrected chi connectivity index (χ4v) is 1.15. The van der Waals surface area contributed by atoms with Gasteiger partial charge in [-0.3, -0.25) is 4.90 Å². The van der Waals surface area contributed by atoms with Crippen molar-refractivity contribution in [3.05, 3.63) is 0 Å². The van der Waals surface area contributed by atoms with Gasteiger partial charge in [-0.15, -0.1) is 0 Å². The van der Waals surface area contributed by atoms with Gasteiger partial charge in [0.2, 0.25) is 0 Å². The molecule has 0 N–H and O–H groups in total. The quantitative estimate of drug-likeness (QED) is 0.595. The van der Waals surface area contributed by atoms with E-state index in [0.29, 0.717) is 5.54 Å². The van der Waals surface area contributed by atoms with Crippen molar-refractivity contribution in [3.8, 4) is 0 Å². The molecule has 0 saturated carbocycles. The van der Waals surface area contributed by atoms with Crippen molar-refractivity contribution in [2.75, 3.05) is 7.05 Å². The minimum atomic E-state index is 0.277. The summed E-state index contributed by atoms with van der Waals surface area (Å²) >= 11 is 0. The van der Waals surface area contributed by atoms with Gasteiger partial charge in [0.15, 0.2) is 0 Å². The Labute approximate surface area is 71.8 Å². The van der Waals surface area contributed by atoms with E-state index >= 15 is 0 Å². The normalized spacial score (nSPS) is 14.2. The maximum Gasteiger partial charge on any atom is 0.0152 e. The summed E-state index contributed by atoms with van der Waals surface area (Å²) < 4.78 is 0. The lowest BCUT2D eigenvalue weighted by molar-refractivity contribution is 0.0541. The summed E-state index contributed by atoms with van der Waals surface area (Å²) in [5, 5.41) is 0. The first-order valence-electron chi connectivity index (χ1n) is 4.46. The second-order valence-electron chi connectivity index (χ2n) is 4.90. The Kier molecular flexibility index (Phi) is 3.13. The van der Waals surface area contributed by atoms with Gasteiger partial charge < -0.3 is 0 Å². The van der Waals surface area contributed by atoms with Crippen LogP contribution in [0.15, 0.2) is 0 Å². The van der Waals surface area contributed by atoms with E-state index in [1.165, 1.54) is 6.42 Å². The molecule has 0 aliphatic rings. The van der Waals surface area contributed by atoms with E-state index < -0.39 is 0 Å². The maximum absolute atomic E-state index is 2.43. The van der Waals surface area contributed by atoms with E-state index in [9.17, 15) is 0 Å². The van der Waals surface area contributed by atoms with Crippen LogP contribution in [-0.4, -0.2) is 23.0 Å². The SMILES string of the molecule is CCC(C)(C)N(C)C(C)(C)C. The first-order chi connectivity index (χ1) is 4.72. The Morgan fingerprint density at radius 2 is 1.36 bits per heavy atom. The maximum atomic E-state index is 2.43. The third kappa shape index (κ3) is 2.82. The zero-order valence-electron chi connectivity index (χ0n) is 9.15.